The number of aryl methyl sites for hydroxylation is 1. The van der Waals surface area contributed by atoms with Gasteiger partial charge in [0.05, 0.1) is 25.7 Å². The van der Waals surface area contributed by atoms with Crippen LogP contribution in [0.2, 0.25) is 0 Å². The van der Waals surface area contributed by atoms with Gasteiger partial charge in [-0.15, -0.1) is 5.10 Å². The molecule has 0 radical (unpaired) electrons. The minimum atomic E-state index is -0.953. The van der Waals surface area contributed by atoms with Crippen LogP contribution in [0.4, 0.5) is 0 Å². The maximum Gasteiger partial charge on any atom is 0.350 e. The number of rotatable bonds is 5. The van der Waals surface area contributed by atoms with Gasteiger partial charge in [-0.25, -0.2) is 9.48 Å². The van der Waals surface area contributed by atoms with Gasteiger partial charge in [0.15, 0.2) is 5.65 Å². The van der Waals surface area contributed by atoms with Crippen molar-refractivity contribution in [3.05, 3.63) is 34.9 Å². The van der Waals surface area contributed by atoms with E-state index in [0.29, 0.717) is 18.8 Å². The predicted molar refractivity (Wildman–Crippen MR) is 82.6 cm³/mol. The first-order valence-electron chi connectivity index (χ1n) is 7.70. The SMILES string of the molecule is O=C(O)C[C@@H]1CN(C(=O)CCn2nc3ccccn3c2=O)CCO1. The molecule has 3 heterocycles. The third kappa shape index (κ3) is 3.46. The lowest BCUT2D eigenvalue weighted by Crippen LogP contribution is -2.46. The number of hydrogen-bond acceptors (Lipinski definition) is 5. The van der Waals surface area contributed by atoms with Crippen LogP contribution in [0.5, 0.6) is 0 Å². The van der Waals surface area contributed by atoms with E-state index in [1.165, 1.54) is 9.08 Å². The van der Waals surface area contributed by atoms with Crippen molar-refractivity contribution in [3.8, 4) is 0 Å². The van der Waals surface area contributed by atoms with Crippen LogP contribution in [0.1, 0.15) is 12.8 Å². The van der Waals surface area contributed by atoms with Crippen molar-refractivity contribution < 1.29 is 19.4 Å². The maximum atomic E-state index is 12.3. The van der Waals surface area contributed by atoms with Crippen molar-refractivity contribution in [2.24, 2.45) is 0 Å². The highest BCUT2D eigenvalue weighted by atomic mass is 16.5. The topological polar surface area (TPSA) is 106 Å². The van der Waals surface area contributed by atoms with E-state index >= 15 is 0 Å². The summed E-state index contributed by atoms with van der Waals surface area (Å²) in [5.74, 6) is -1.09. The summed E-state index contributed by atoms with van der Waals surface area (Å²) in [6.45, 7) is 1.18. The number of ether oxygens (including phenoxy) is 1. The van der Waals surface area contributed by atoms with Crippen LogP contribution in [-0.4, -0.2) is 61.9 Å². The second kappa shape index (κ2) is 6.83. The first kappa shape index (κ1) is 16.2. The minimum Gasteiger partial charge on any atom is -0.481 e. The Bertz CT molecular complexity index is 812. The van der Waals surface area contributed by atoms with Gasteiger partial charge in [-0.1, -0.05) is 6.07 Å². The smallest absolute Gasteiger partial charge is 0.350 e. The molecule has 9 nitrogen and oxygen atoms in total. The predicted octanol–water partition coefficient (Wildman–Crippen LogP) is -0.412. The Balaban J connectivity index is 1.61. The van der Waals surface area contributed by atoms with Gasteiger partial charge >= 0.3 is 11.7 Å². The van der Waals surface area contributed by atoms with Crippen LogP contribution in [-0.2, 0) is 20.9 Å². The fraction of sp³-hybridized carbons (Fsp3) is 0.467. The molecule has 0 bridgehead atoms. The molecule has 1 atom stereocenters. The first-order chi connectivity index (χ1) is 11.5. The number of carbonyl (C=O) groups excluding carboxylic acids is 1. The summed E-state index contributed by atoms with van der Waals surface area (Å²) in [6.07, 6.45) is 1.14. The van der Waals surface area contributed by atoms with Gasteiger partial charge in [0, 0.05) is 25.7 Å². The molecule has 0 spiro atoms. The Labute approximate surface area is 137 Å². The molecule has 3 rings (SSSR count). The zero-order valence-corrected chi connectivity index (χ0v) is 13.0. The molecule has 9 heteroatoms. The van der Waals surface area contributed by atoms with E-state index in [2.05, 4.69) is 5.10 Å². The highest BCUT2D eigenvalue weighted by Crippen LogP contribution is 2.10. The summed E-state index contributed by atoms with van der Waals surface area (Å²) >= 11 is 0. The molecule has 1 aliphatic heterocycles. The Kier molecular flexibility index (Phi) is 4.61. The highest BCUT2D eigenvalue weighted by molar-refractivity contribution is 5.76. The molecule has 1 N–H and O–H groups in total. The first-order valence-corrected chi connectivity index (χ1v) is 7.70. The zero-order chi connectivity index (χ0) is 17.1. The fourth-order valence-electron chi connectivity index (χ4n) is 2.74. The van der Waals surface area contributed by atoms with Crippen LogP contribution in [0, 0.1) is 0 Å². The monoisotopic (exact) mass is 334 g/mol. The third-order valence-corrected chi connectivity index (χ3v) is 3.92. The van der Waals surface area contributed by atoms with E-state index in [-0.39, 0.29) is 37.5 Å². The lowest BCUT2D eigenvalue weighted by atomic mass is 10.2. The molecule has 1 amide bonds. The molecule has 1 fully saturated rings. The number of carboxylic acid groups (broad SMARTS) is 1. The standard InChI is InChI=1S/C15H18N4O5/c20-13(17-7-8-24-11(10-17)9-14(21)22)4-6-19-15(23)18-5-2-1-3-12(18)16-19/h1-3,5,11H,4,6-10H2,(H,21,22)/t11-/m1/s1. The molecule has 2 aromatic heterocycles. The van der Waals surface area contributed by atoms with Crippen molar-refractivity contribution in [1.29, 1.82) is 0 Å². The second-order valence-corrected chi connectivity index (χ2v) is 5.61. The normalized spacial score (nSPS) is 18.0. The zero-order valence-electron chi connectivity index (χ0n) is 13.0. The van der Waals surface area contributed by atoms with Gasteiger partial charge in [0.1, 0.15) is 0 Å². The Morgan fingerprint density at radius 1 is 1.38 bits per heavy atom. The van der Waals surface area contributed by atoms with E-state index in [9.17, 15) is 14.4 Å². The molecule has 1 saturated heterocycles. The molecular formula is C15H18N4O5. The maximum absolute atomic E-state index is 12.3. The average molecular weight is 334 g/mol. The summed E-state index contributed by atoms with van der Waals surface area (Å²) in [5.41, 5.74) is 0.243. The molecular weight excluding hydrogens is 316 g/mol. The van der Waals surface area contributed by atoms with Crippen LogP contribution >= 0.6 is 0 Å². The number of carbonyl (C=O) groups is 2. The number of aromatic nitrogens is 3. The largest absolute Gasteiger partial charge is 0.481 e. The highest BCUT2D eigenvalue weighted by Gasteiger charge is 2.25. The molecule has 0 unspecified atom stereocenters. The molecule has 0 saturated carbocycles. The number of aliphatic carboxylic acids is 1. The van der Waals surface area contributed by atoms with Gasteiger partial charge in [-0.05, 0) is 12.1 Å². The quantitative estimate of drug-likeness (QED) is 0.797. The van der Waals surface area contributed by atoms with Crippen LogP contribution in [0.25, 0.3) is 5.65 Å². The van der Waals surface area contributed by atoms with E-state index in [1.807, 2.05) is 0 Å². The summed E-state index contributed by atoms with van der Waals surface area (Å²) in [7, 11) is 0. The number of nitrogens with zero attached hydrogens (tertiary/aromatic N) is 4. The summed E-state index contributed by atoms with van der Waals surface area (Å²) < 4.78 is 8.03. The van der Waals surface area contributed by atoms with Gasteiger partial charge in [0.2, 0.25) is 5.91 Å². The van der Waals surface area contributed by atoms with Gasteiger partial charge in [0.25, 0.3) is 0 Å². The lowest BCUT2D eigenvalue weighted by molar-refractivity contribution is -0.147. The van der Waals surface area contributed by atoms with E-state index in [0.717, 1.165) is 0 Å². The Hall–Kier alpha value is -2.68. The summed E-state index contributed by atoms with van der Waals surface area (Å²) in [4.78, 5) is 36.8. The molecule has 2 aromatic rings. The lowest BCUT2D eigenvalue weighted by Gasteiger charge is -2.32. The van der Waals surface area contributed by atoms with Gasteiger partial charge in [-0.3, -0.25) is 14.0 Å². The summed E-state index contributed by atoms with van der Waals surface area (Å²) in [5, 5.41) is 13.0. The summed E-state index contributed by atoms with van der Waals surface area (Å²) in [6, 6.07) is 5.24. The Morgan fingerprint density at radius 3 is 2.96 bits per heavy atom. The average Bonchev–Trinajstić information content (AvgIpc) is 2.89. The van der Waals surface area contributed by atoms with Crippen LogP contribution in [0.15, 0.2) is 29.2 Å². The number of pyridine rings is 1. The molecule has 1 aliphatic rings. The number of morpholine rings is 1. The Morgan fingerprint density at radius 2 is 2.21 bits per heavy atom. The molecule has 0 aromatic carbocycles. The van der Waals surface area contributed by atoms with E-state index in [4.69, 9.17) is 9.84 Å². The van der Waals surface area contributed by atoms with E-state index < -0.39 is 12.1 Å². The third-order valence-electron chi connectivity index (χ3n) is 3.92. The van der Waals surface area contributed by atoms with Crippen LogP contribution in [0.3, 0.4) is 0 Å². The molecule has 128 valence electrons. The fourth-order valence-corrected chi connectivity index (χ4v) is 2.74. The van der Waals surface area contributed by atoms with Crippen molar-refractivity contribution in [2.75, 3.05) is 19.7 Å². The van der Waals surface area contributed by atoms with Crippen LogP contribution < -0.4 is 5.69 Å². The van der Waals surface area contributed by atoms with Crippen molar-refractivity contribution >= 4 is 17.5 Å². The second-order valence-electron chi connectivity index (χ2n) is 5.61. The molecule has 0 aliphatic carbocycles. The number of fused-ring (bicyclic) bond motifs is 1. The number of amides is 1. The molecule has 24 heavy (non-hydrogen) atoms. The van der Waals surface area contributed by atoms with Gasteiger partial charge < -0.3 is 14.7 Å². The van der Waals surface area contributed by atoms with Gasteiger partial charge in [-0.2, -0.15) is 0 Å². The van der Waals surface area contributed by atoms with Crippen molar-refractivity contribution in [3.63, 3.8) is 0 Å². The number of carboxylic acids is 1. The van der Waals surface area contributed by atoms with Crippen molar-refractivity contribution in [2.45, 2.75) is 25.5 Å². The van der Waals surface area contributed by atoms with Crippen molar-refractivity contribution in [1.82, 2.24) is 19.1 Å². The minimum absolute atomic E-state index is 0.129. The van der Waals surface area contributed by atoms with E-state index in [1.54, 1.807) is 29.3 Å². The number of hydrogen-bond donors (Lipinski definition) is 1.